The number of hydrogen-bond donors (Lipinski definition) is 2. The molecule has 0 saturated carbocycles. The zero-order chi connectivity index (χ0) is 24.3. The number of carbonyl (C=O) groups excluding carboxylic acids is 1. The largest absolute Gasteiger partial charge is 0.383 e. The highest BCUT2D eigenvalue weighted by Gasteiger charge is 2.48. The van der Waals surface area contributed by atoms with Crippen LogP contribution in [-0.2, 0) is 23.7 Å². The van der Waals surface area contributed by atoms with Gasteiger partial charge in [0, 0.05) is 43.8 Å². The number of rotatable bonds is 4. The van der Waals surface area contributed by atoms with Crippen LogP contribution in [0.2, 0.25) is 0 Å². The molecule has 6 rings (SSSR count). The minimum Gasteiger partial charge on any atom is -0.383 e. The van der Waals surface area contributed by atoms with Gasteiger partial charge in [-0.3, -0.25) is 9.48 Å². The molecule has 5 heterocycles. The Morgan fingerprint density at radius 1 is 1.14 bits per heavy atom. The van der Waals surface area contributed by atoms with E-state index in [2.05, 4.69) is 25.4 Å². The van der Waals surface area contributed by atoms with E-state index in [1.807, 2.05) is 4.40 Å². The molecule has 11 heteroatoms. The molecule has 3 N–H and O–H groups in total. The number of benzene rings is 1. The molecular weight excluding hydrogens is 449 g/mol. The van der Waals surface area contributed by atoms with Crippen LogP contribution in [0.3, 0.4) is 0 Å². The van der Waals surface area contributed by atoms with Gasteiger partial charge in [0.15, 0.2) is 11.5 Å². The summed E-state index contributed by atoms with van der Waals surface area (Å²) in [5.74, 6) is 0.240. The third-order valence-electron chi connectivity index (χ3n) is 6.36. The number of nitrogen functional groups attached to an aromatic ring is 1. The highest BCUT2D eigenvalue weighted by Crippen LogP contribution is 2.44. The number of aryl methyl sites for hydroxylation is 1. The molecule has 174 valence electrons. The molecule has 0 bridgehead atoms. The van der Waals surface area contributed by atoms with Gasteiger partial charge < -0.3 is 15.5 Å². The summed E-state index contributed by atoms with van der Waals surface area (Å²) in [5, 5.41) is 7.05. The highest BCUT2D eigenvalue weighted by molar-refractivity contribution is 6.09. The quantitative estimate of drug-likeness (QED) is 0.414. The minimum absolute atomic E-state index is 0.183. The normalized spacial score (nSPS) is 17.1. The Labute approximate surface area is 198 Å². The first-order chi connectivity index (χ1) is 16.8. The van der Waals surface area contributed by atoms with Crippen molar-refractivity contribution in [1.29, 1.82) is 0 Å². The van der Waals surface area contributed by atoms with Crippen LogP contribution in [0.15, 0.2) is 55.2 Å². The SMILES string of the molecule is Cn1cc(C2(C)C(=O)Nc3nc(-c4cn5ccnc5c(Cc5ccc(F)cc5)n4)nc(N)c32)cn1. The number of imidazole rings is 1. The average molecular weight is 469 g/mol. The standard InChI is InChI=1S/C24H20FN9O/c1-24(14-10-28-33(2)11-14)18-19(26)30-20(31-21(18)32-23(24)35)17-12-34-8-7-27-22(34)16(29-17)9-13-3-5-15(25)6-4-13/h3-8,10-12H,9H2,1-2H3,(H3,26,30,31,32,35). The van der Waals surface area contributed by atoms with Crippen molar-refractivity contribution >= 4 is 23.2 Å². The molecule has 0 spiro atoms. The van der Waals surface area contributed by atoms with Crippen LogP contribution in [0.1, 0.15) is 29.3 Å². The summed E-state index contributed by atoms with van der Waals surface area (Å²) in [6, 6.07) is 6.24. The smallest absolute Gasteiger partial charge is 0.240 e. The van der Waals surface area contributed by atoms with Crippen molar-refractivity contribution in [3.05, 3.63) is 83.5 Å². The summed E-state index contributed by atoms with van der Waals surface area (Å²) in [5.41, 5.74) is 9.23. The molecule has 1 aliphatic rings. The molecule has 35 heavy (non-hydrogen) atoms. The van der Waals surface area contributed by atoms with Gasteiger partial charge in [0.05, 0.1) is 17.5 Å². The van der Waals surface area contributed by atoms with Crippen LogP contribution >= 0.6 is 0 Å². The molecule has 1 amide bonds. The molecule has 10 nitrogen and oxygen atoms in total. The van der Waals surface area contributed by atoms with Crippen molar-refractivity contribution in [2.45, 2.75) is 18.8 Å². The van der Waals surface area contributed by atoms with Crippen molar-refractivity contribution in [1.82, 2.24) is 34.1 Å². The Morgan fingerprint density at radius 2 is 1.94 bits per heavy atom. The maximum absolute atomic E-state index is 13.4. The van der Waals surface area contributed by atoms with Gasteiger partial charge in [-0.1, -0.05) is 12.1 Å². The Bertz CT molecular complexity index is 1620. The van der Waals surface area contributed by atoms with Crippen molar-refractivity contribution in [3.8, 4) is 11.5 Å². The van der Waals surface area contributed by atoms with E-state index in [0.29, 0.717) is 40.4 Å². The number of fused-ring (bicyclic) bond motifs is 2. The maximum Gasteiger partial charge on any atom is 0.240 e. The maximum atomic E-state index is 13.4. The molecule has 4 aromatic heterocycles. The Kier molecular flexibility index (Phi) is 4.43. The van der Waals surface area contributed by atoms with E-state index in [4.69, 9.17) is 10.7 Å². The lowest BCUT2D eigenvalue weighted by Crippen LogP contribution is -2.32. The lowest BCUT2D eigenvalue weighted by Gasteiger charge is -2.21. The third-order valence-corrected chi connectivity index (χ3v) is 6.36. The second kappa shape index (κ2) is 7.42. The number of amides is 1. The van der Waals surface area contributed by atoms with E-state index >= 15 is 0 Å². The van der Waals surface area contributed by atoms with E-state index in [1.54, 1.807) is 61.8 Å². The molecule has 0 aliphatic carbocycles. The third kappa shape index (κ3) is 3.23. The first-order valence-electron chi connectivity index (χ1n) is 10.9. The number of aromatic nitrogens is 7. The first-order valence-corrected chi connectivity index (χ1v) is 10.9. The van der Waals surface area contributed by atoms with Crippen molar-refractivity contribution in [2.24, 2.45) is 7.05 Å². The monoisotopic (exact) mass is 469 g/mol. The second-order valence-corrected chi connectivity index (χ2v) is 8.67. The van der Waals surface area contributed by atoms with Crippen LogP contribution in [0, 0.1) is 5.82 Å². The zero-order valence-corrected chi connectivity index (χ0v) is 18.9. The lowest BCUT2D eigenvalue weighted by molar-refractivity contribution is -0.119. The zero-order valence-electron chi connectivity index (χ0n) is 18.9. The number of carbonyl (C=O) groups is 1. The van der Waals surface area contributed by atoms with Gasteiger partial charge in [-0.05, 0) is 24.6 Å². The van der Waals surface area contributed by atoms with Gasteiger partial charge in [0.25, 0.3) is 0 Å². The summed E-state index contributed by atoms with van der Waals surface area (Å²) in [6.45, 7) is 1.78. The summed E-state index contributed by atoms with van der Waals surface area (Å²) >= 11 is 0. The summed E-state index contributed by atoms with van der Waals surface area (Å²) in [4.78, 5) is 31.4. The van der Waals surface area contributed by atoms with Crippen LogP contribution in [-0.4, -0.2) is 40.0 Å². The van der Waals surface area contributed by atoms with Crippen LogP contribution in [0.25, 0.3) is 17.2 Å². The second-order valence-electron chi connectivity index (χ2n) is 8.67. The van der Waals surface area contributed by atoms with E-state index in [9.17, 15) is 9.18 Å². The van der Waals surface area contributed by atoms with Gasteiger partial charge in [0.1, 0.15) is 28.6 Å². The van der Waals surface area contributed by atoms with Crippen molar-refractivity contribution < 1.29 is 9.18 Å². The fourth-order valence-corrected chi connectivity index (χ4v) is 4.50. The van der Waals surface area contributed by atoms with E-state index < -0.39 is 5.41 Å². The highest BCUT2D eigenvalue weighted by atomic mass is 19.1. The predicted molar refractivity (Wildman–Crippen MR) is 126 cm³/mol. The van der Waals surface area contributed by atoms with Crippen LogP contribution in [0.4, 0.5) is 16.0 Å². The van der Waals surface area contributed by atoms with Crippen molar-refractivity contribution in [3.63, 3.8) is 0 Å². The molecule has 1 aliphatic heterocycles. The fourth-order valence-electron chi connectivity index (χ4n) is 4.50. The van der Waals surface area contributed by atoms with Gasteiger partial charge in [-0.2, -0.15) is 5.10 Å². The Balaban J connectivity index is 1.46. The van der Waals surface area contributed by atoms with Gasteiger partial charge in [0.2, 0.25) is 5.91 Å². The predicted octanol–water partition coefficient (Wildman–Crippen LogP) is 2.49. The average Bonchev–Trinajstić information content (AvgIpc) is 3.54. The molecule has 1 aromatic carbocycles. The van der Waals surface area contributed by atoms with E-state index in [0.717, 1.165) is 5.56 Å². The van der Waals surface area contributed by atoms with Crippen molar-refractivity contribution in [2.75, 3.05) is 11.1 Å². The number of nitrogens with one attached hydrogen (secondary N) is 1. The number of halogens is 1. The molecule has 0 radical (unpaired) electrons. The minimum atomic E-state index is -1.07. The van der Waals surface area contributed by atoms with Crippen LogP contribution in [0.5, 0.6) is 0 Å². The first kappa shape index (κ1) is 20.9. The number of hydrogen-bond acceptors (Lipinski definition) is 7. The molecular formula is C24H20FN9O. The van der Waals surface area contributed by atoms with Gasteiger partial charge in [-0.25, -0.2) is 24.3 Å². The van der Waals surface area contributed by atoms with E-state index in [1.165, 1.54) is 12.1 Å². The Hall–Kier alpha value is -4.67. The number of anilines is 2. The number of nitrogens with two attached hydrogens (primary N) is 1. The molecule has 1 atom stereocenters. The van der Waals surface area contributed by atoms with Crippen LogP contribution < -0.4 is 11.1 Å². The molecule has 0 fully saturated rings. The van der Waals surface area contributed by atoms with Gasteiger partial charge in [-0.15, -0.1) is 0 Å². The summed E-state index contributed by atoms with van der Waals surface area (Å²) in [7, 11) is 1.78. The molecule has 0 saturated heterocycles. The molecule has 1 unspecified atom stereocenters. The molecule has 5 aromatic rings. The topological polar surface area (TPSA) is 129 Å². The summed E-state index contributed by atoms with van der Waals surface area (Å²) < 4.78 is 16.8. The fraction of sp³-hybridized carbons (Fsp3) is 0.167. The van der Waals surface area contributed by atoms with Gasteiger partial charge >= 0.3 is 0 Å². The summed E-state index contributed by atoms with van der Waals surface area (Å²) in [6.07, 6.45) is 9.08. The Morgan fingerprint density at radius 3 is 2.69 bits per heavy atom. The van der Waals surface area contributed by atoms with E-state index in [-0.39, 0.29) is 23.4 Å². The number of nitrogens with zero attached hydrogens (tertiary/aromatic N) is 7. The lowest BCUT2D eigenvalue weighted by atomic mass is 9.79.